The molecule has 5 nitrogen and oxygen atoms in total. The van der Waals surface area contributed by atoms with Gasteiger partial charge >= 0.3 is 0 Å². The highest BCUT2D eigenvalue weighted by Crippen LogP contribution is 2.30. The first-order valence-corrected chi connectivity index (χ1v) is 7.43. The molecule has 0 spiro atoms. The van der Waals surface area contributed by atoms with Gasteiger partial charge in [0.1, 0.15) is 0 Å². The van der Waals surface area contributed by atoms with E-state index in [1.54, 1.807) is 0 Å². The zero-order valence-corrected chi connectivity index (χ0v) is 13.8. The number of hydrogen-bond donors (Lipinski definition) is 1. The molecule has 1 amide bonds. The maximum Gasteiger partial charge on any atom is 0.270 e. The van der Waals surface area contributed by atoms with E-state index < -0.39 is 10.8 Å². The van der Waals surface area contributed by atoms with Gasteiger partial charge in [0.25, 0.3) is 11.6 Å². The Hall–Kier alpha value is -2.40. The van der Waals surface area contributed by atoms with Gasteiger partial charge in [-0.05, 0) is 23.1 Å². The molecule has 0 radical (unpaired) electrons. The molecule has 120 valence electrons. The summed E-state index contributed by atoms with van der Waals surface area (Å²) in [6.45, 7) is 6.16. The number of benzene rings is 2. The molecule has 0 heterocycles. The molecule has 0 bridgehead atoms. The Labute approximate surface area is 139 Å². The quantitative estimate of drug-likeness (QED) is 0.648. The van der Waals surface area contributed by atoms with Crippen molar-refractivity contribution in [3.05, 3.63) is 68.7 Å². The summed E-state index contributed by atoms with van der Waals surface area (Å²) in [6.07, 6.45) is 0. The Morgan fingerprint density at radius 1 is 1.17 bits per heavy atom. The molecule has 0 saturated carbocycles. The highest BCUT2D eigenvalue weighted by atomic mass is 35.5. The number of para-hydroxylation sites is 1. The second kappa shape index (κ2) is 6.38. The summed E-state index contributed by atoms with van der Waals surface area (Å²) in [7, 11) is 0. The van der Waals surface area contributed by atoms with E-state index in [2.05, 4.69) is 26.1 Å². The highest BCUT2D eigenvalue weighted by molar-refractivity contribution is 6.34. The second-order valence-corrected chi connectivity index (χ2v) is 6.58. The lowest BCUT2D eigenvalue weighted by atomic mass is 9.86. The summed E-state index contributed by atoms with van der Waals surface area (Å²) in [5.41, 5.74) is 1.59. The van der Waals surface area contributed by atoms with E-state index >= 15 is 0 Å². The zero-order chi connectivity index (χ0) is 17.2. The molecule has 2 rings (SSSR count). The third-order valence-electron chi connectivity index (χ3n) is 3.39. The lowest BCUT2D eigenvalue weighted by Crippen LogP contribution is -2.19. The predicted molar refractivity (Wildman–Crippen MR) is 91.2 cm³/mol. The number of rotatable bonds is 3. The van der Waals surface area contributed by atoms with Gasteiger partial charge < -0.3 is 5.32 Å². The molecule has 2 aromatic carbocycles. The fraction of sp³-hybridized carbons (Fsp3) is 0.235. The van der Waals surface area contributed by atoms with Crippen LogP contribution in [0.25, 0.3) is 0 Å². The van der Waals surface area contributed by atoms with E-state index in [9.17, 15) is 14.9 Å². The summed E-state index contributed by atoms with van der Waals surface area (Å²) in [5.74, 6) is -0.401. The Kier molecular flexibility index (Phi) is 4.71. The third-order valence-corrected chi connectivity index (χ3v) is 3.70. The molecule has 0 saturated heterocycles. The fourth-order valence-corrected chi connectivity index (χ4v) is 2.50. The first kappa shape index (κ1) is 17.0. The molecule has 0 atom stereocenters. The lowest BCUT2D eigenvalue weighted by Gasteiger charge is -2.23. The van der Waals surface area contributed by atoms with E-state index in [0.717, 1.165) is 5.56 Å². The summed E-state index contributed by atoms with van der Waals surface area (Å²) in [6, 6.07) is 11.3. The maximum absolute atomic E-state index is 12.4. The number of carbonyl (C=O) groups excluding carboxylic acids is 1. The number of nitro benzene ring substituents is 1. The van der Waals surface area contributed by atoms with E-state index in [1.807, 2.05) is 24.3 Å². The average molecular weight is 333 g/mol. The van der Waals surface area contributed by atoms with Crippen LogP contribution < -0.4 is 5.32 Å². The van der Waals surface area contributed by atoms with Crippen molar-refractivity contribution < 1.29 is 9.72 Å². The van der Waals surface area contributed by atoms with E-state index in [4.69, 9.17) is 11.6 Å². The lowest BCUT2D eigenvalue weighted by molar-refractivity contribution is -0.384. The number of nitrogens with zero attached hydrogens (tertiary/aromatic N) is 1. The van der Waals surface area contributed by atoms with Gasteiger partial charge in [0.15, 0.2) is 0 Å². The predicted octanol–water partition coefficient (Wildman–Crippen LogP) is 4.80. The van der Waals surface area contributed by atoms with Crippen molar-refractivity contribution in [2.45, 2.75) is 26.2 Å². The summed E-state index contributed by atoms with van der Waals surface area (Å²) in [5, 5.41) is 13.6. The molecule has 0 aliphatic carbocycles. The van der Waals surface area contributed by atoms with Gasteiger partial charge in [-0.1, -0.05) is 50.6 Å². The van der Waals surface area contributed by atoms with Crippen LogP contribution in [-0.4, -0.2) is 10.8 Å². The molecule has 0 aliphatic heterocycles. The van der Waals surface area contributed by atoms with Gasteiger partial charge in [-0.3, -0.25) is 14.9 Å². The van der Waals surface area contributed by atoms with Crippen LogP contribution in [0.5, 0.6) is 0 Å². The van der Waals surface area contributed by atoms with Gasteiger partial charge in [-0.2, -0.15) is 0 Å². The SMILES string of the molecule is CC(C)(C)c1ccccc1NC(=O)c1ccc([N+](=O)[O-])cc1Cl. The van der Waals surface area contributed by atoms with Crippen molar-refractivity contribution in [3.8, 4) is 0 Å². The minimum Gasteiger partial charge on any atom is -0.322 e. The minimum atomic E-state index is -0.553. The van der Waals surface area contributed by atoms with Crippen LogP contribution in [0.4, 0.5) is 11.4 Å². The number of non-ortho nitro benzene ring substituents is 1. The van der Waals surface area contributed by atoms with E-state index in [-0.39, 0.29) is 21.7 Å². The molecule has 23 heavy (non-hydrogen) atoms. The monoisotopic (exact) mass is 332 g/mol. The number of anilines is 1. The smallest absolute Gasteiger partial charge is 0.270 e. The number of halogens is 1. The van der Waals surface area contributed by atoms with Gasteiger partial charge in [0.2, 0.25) is 0 Å². The first-order valence-electron chi connectivity index (χ1n) is 7.05. The summed E-state index contributed by atoms with van der Waals surface area (Å²) >= 11 is 6.00. The number of nitrogens with one attached hydrogen (secondary N) is 1. The van der Waals surface area contributed by atoms with Crippen molar-refractivity contribution in [1.29, 1.82) is 0 Å². The highest BCUT2D eigenvalue weighted by Gasteiger charge is 2.20. The van der Waals surface area contributed by atoms with Crippen LogP contribution in [0.15, 0.2) is 42.5 Å². The van der Waals surface area contributed by atoms with Crippen molar-refractivity contribution in [2.24, 2.45) is 0 Å². The number of hydrogen-bond acceptors (Lipinski definition) is 3. The molecule has 1 N–H and O–H groups in total. The summed E-state index contributed by atoms with van der Waals surface area (Å²) in [4.78, 5) is 22.6. The van der Waals surface area contributed by atoms with Crippen molar-refractivity contribution >= 4 is 28.9 Å². The van der Waals surface area contributed by atoms with Gasteiger partial charge in [0.05, 0.1) is 15.5 Å². The van der Waals surface area contributed by atoms with Crippen LogP contribution in [0.3, 0.4) is 0 Å². The average Bonchev–Trinajstić information content (AvgIpc) is 2.46. The number of nitro groups is 1. The molecule has 0 unspecified atom stereocenters. The Bertz CT molecular complexity index is 767. The maximum atomic E-state index is 12.4. The number of carbonyl (C=O) groups is 1. The van der Waals surface area contributed by atoms with Crippen molar-refractivity contribution in [3.63, 3.8) is 0 Å². The van der Waals surface area contributed by atoms with Crippen LogP contribution >= 0.6 is 11.6 Å². The second-order valence-electron chi connectivity index (χ2n) is 6.17. The standard InChI is InChI=1S/C17H17ClN2O3/c1-17(2,3)13-6-4-5-7-15(13)19-16(21)12-9-8-11(20(22)23)10-14(12)18/h4-10H,1-3H3,(H,19,21). The molecule has 0 aromatic heterocycles. The van der Waals surface area contributed by atoms with Gasteiger partial charge in [-0.25, -0.2) is 0 Å². The first-order chi connectivity index (χ1) is 10.7. The number of amides is 1. The fourth-order valence-electron chi connectivity index (χ4n) is 2.24. The summed E-state index contributed by atoms with van der Waals surface area (Å²) < 4.78 is 0. The van der Waals surface area contributed by atoms with Crippen LogP contribution in [0.2, 0.25) is 5.02 Å². The Morgan fingerprint density at radius 3 is 2.39 bits per heavy atom. The van der Waals surface area contributed by atoms with Gasteiger partial charge in [0, 0.05) is 17.8 Å². The Morgan fingerprint density at radius 2 is 1.83 bits per heavy atom. The molecule has 0 aliphatic rings. The Balaban J connectivity index is 2.32. The molecule has 6 heteroatoms. The van der Waals surface area contributed by atoms with Crippen LogP contribution in [0.1, 0.15) is 36.7 Å². The van der Waals surface area contributed by atoms with E-state index in [1.165, 1.54) is 18.2 Å². The third kappa shape index (κ3) is 3.87. The van der Waals surface area contributed by atoms with Crippen molar-refractivity contribution in [1.82, 2.24) is 0 Å². The van der Waals surface area contributed by atoms with Crippen molar-refractivity contribution in [2.75, 3.05) is 5.32 Å². The minimum absolute atomic E-state index is 0.0462. The van der Waals surface area contributed by atoms with Crippen LogP contribution in [0, 0.1) is 10.1 Å². The van der Waals surface area contributed by atoms with Crippen LogP contribution in [-0.2, 0) is 5.41 Å². The largest absolute Gasteiger partial charge is 0.322 e. The molecular formula is C17H17ClN2O3. The molecular weight excluding hydrogens is 316 g/mol. The normalized spacial score (nSPS) is 11.1. The van der Waals surface area contributed by atoms with Gasteiger partial charge in [-0.15, -0.1) is 0 Å². The zero-order valence-electron chi connectivity index (χ0n) is 13.1. The molecule has 0 fully saturated rings. The topological polar surface area (TPSA) is 72.2 Å². The van der Waals surface area contributed by atoms with E-state index in [0.29, 0.717) is 5.69 Å². The molecule has 2 aromatic rings.